The van der Waals surface area contributed by atoms with Gasteiger partial charge in [0.2, 0.25) is 0 Å². The molecule has 1 N–H and O–H groups in total. The van der Waals surface area contributed by atoms with Crippen molar-refractivity contribution >= 4 is 5.97 Å². The molecule has 0 bridgehead atoms. The summed E-state index contributed by atoms with van der Waals surface area (Å²) in [6.45, 7) is 6.17. The van der Waals surface area contributed by atoms with Crippen LogP contribution in [0.2, 0.25) is 0 Å². The maximum Gasteiger partial charge on any atom is 0.338 e. The average Bonchev–Trinajstić information content (AvgIpc) is 2.49. The number of nitrogens with one attached hydrogen (secondary N) is 1. The third kappa shape index (κ3) is 4.29. The van der Waals surface area contributed by atoms with E-state index in [-0.39, 0.29) is 11.7 Å². The molecule has 0 aromatic heterocycles. The predicted octanol–water partition coefficient (Wildman–Crippen LogP) is 4.25. The van der Waals surface area contributed by atoms with Crippen molar-refractivity contribution in [2.45, 2.75) is 46.1 Å². The number of benzene rings is 1. The smallest absolute Gasteiger partial charge is 0.338 e. The highest BCUT2D eigenvalue weighted by Crippen LogP contribution is 2.25. The molecular formula is C17H23F2NO2. The zero-order valence-electron chi connectivity index (χ0n) is 13.7. The van der Waals surface area contributed by atoms with Gasteiger partial charge in [-0.15, -0.1) is 0 Å². The summed E-state index contributed by atoms with van der Waals surface area (Å²) in [5.74, 6) is -3.30. The highest BCUT2D eigenvalue weighted by Gasteiger charge is 2.28. The second-order valence-corrected chi connectivity index (χ2v) is 5.22. The van der Waals surface area contributed by atoms with Gasteiger partial charge >= 0.3 is 5.97 Å². The molecule has 1 rings (SSSR count). The molecule has 0 saturated carbocycles. The molecule has 1 aromatic carbocycles. The van der Waals surface area contributed by atoms with Crippen molar-refractivity contribution in [3.63, 3.8) is 0 Å². The molecule has 0 amide bonds. The van der Waals surface area contributed by atoms with E-state index in [9.17, 15) is 13.6 Å². The number of carbonyl (C=O) groups is 1. The Hall–Kier alpha value is -1.91. The molecule has 0 radical (unpaired) electrons. The van der Waals surface area contributed by atoms with E-state index in [0.717, 1.165) is 18.1 Å². The number of carbonyl (C=O) groups excluding carboxylic acids is 1. The Morgan fingerprint density at radius 1 is 1.45 bits per heavy atom. The van der Waals surface area contributed by atoms with Gasteiger partial charge in [-0.2, -0.15) is 0 Å². The summed E-state index contributed by atoms with van der Waals surface area (Å²) < 4.78 is 31.6. The number of esters is 1. The van der Waals surface area contributed by atoms with E-state index in [1.807, 2.05) is 19.9 Å². The molecule has 5 heteroatoms. The number of rotatable bonds is 6. The first-order chi connectivity index (χ1) is 10.2. The van der Waals surface area contributed by atoms with Crippen molar-refractivity contribution in [1.82, 2.24) is 5.32 Å². The summed E-state index contributed by atoms with van der Waals surface area (Å²) >= 11 is 0. The van der Waals surface area contributed by atoms with Crippen LogP contribution in [0.15, 0.2) is 30.0 Å². The van der Waals surface area contributed by atoms with Crippen molar-refractivity contribution < 1.29 is 18.3 Å². The second-order valence-electron chi connectivity index (χ2n) is 5.22. The van der Waals surface area contributed by atoms with Crippen LogP contribution in [0.25, 0.3) is 0 Å². The molecule has 1 atom stereocenters. The van der Waals surface area contributed by atoms with Gasteiger partial charge in [0.05, 0.1) is 18.4 Å². The van der Waals surface area contributed by atoms with Crippen LogP contribution >= 0.6 is 0 Å². The van der Waals surface area contributed by atoms with Gasteiger partial charge in [0.15, 0.2) is 0 Å². The molecule has 0 aliphatic heterocycles. The Labute approximate surface area is 130 Å². The summed E-state index contributed by atoms with van der Waals surface area (Å²) in [4.78, 5) is 11.7. The first-order valence-corrected chi connectivity index (χ1v) is 7.26. The largest absolute Gasteiger partial charge is 0.465 e. The van der Waals surface area contributed by atoms with Gasteiger partial charge in [-0.05, 0) is 37.5 Å². The topological polar surface area (TPSA) is 38.3 Å². The minimum Gasteiger partial charge on any atom is -0.465 e. The standard InChI is InChI=1S/C17H23F2NO2/c1-6-12-10-13(8-9-14(12)16(21)22-5)11(3)20-15(7-2)17(4,18)19/h7-11,20H,6H2,1-5H3/b15-7-. The van der Waals surface area contributed by atoms with Gasteiger partial charge in [-0.3, -0.25) is 0 Å². The van der Waals surface area contributed by atoms with Gasteiger partial charge in [0.25, 0.3) is 5.92 Å². The molecule has 0 aliphatic rings. The van der Waals surface area contributed by atoms with E-state index in [1.165, 1.54) is 13.2 Å². The number of halogens is 2. The SMILES string of the molecule is C/C=C(\NC(C)c1ccc(C(=O)OC)c(CC)c1)C(C)(F)F. The van der Waals surface area contributed by atoms with E-state index >= 15 is 0 Å². The predicted molar refractivity (Wildman–Crippen MR) is 83.1 cm³/mol. The van der Waals surface area contributed by atoms with Gasteiger partial charge in [0.1, 0.15) is 0 Å². The second kappa shape index (κ2) is 7.38. The minimum absolute atomic E-state index is 0.116. The van der Waals surface area contributed by atoms with Gasteiger partial charge in [0, 0.05) is 13.0 Å². The van der Waals surface area contributed by atoms with Crippen molar-refractivity contribution in [3.8, 4) is 0 Å². The zero-order chi connectivity index (χ0) is 16.9. The highest BCUT2D eigenvalue weighted by molar-refractivity contribution is 5.91. The molecular weight excluding hydrogens is 288 g/mol. The van der Waals surface area contributed by atoms with Crippen LogP contribution in [-0.4, -0.2) is 19.0 Å². The van der Waals surface area contributed by atoms with Gasteiger partial charge in [-0.25, -0.2) is 13.6 Å². The normalized spacial score (nSPS) is 13.7. The lowest BCUT2D eigenvalue weighted by atomic mass is 9.98. The molecule has 0 saturated heterocycles. The lowest BCUT2D eigenvalue weighted by Gasteiger charge is -2.23. The summed E-state index contributed by atoms with van der Waals surface area (Å²) in [7, 11) is 1.33. The zero-order valence-corrected chi connectivity index (χ0v) is 13.7. The van der Waals surface area contributed by atoms with Crippen LogP contribution in [0.4, 0.5) is 8.78 Å². The summed E-state index contributed by atoms with van der Waals surface area (Å²) in [5, 5.41) is 2.83. The fourth-order valence-corrected chi connectivity index (χ4v) is 2.26. The number of ether oxygens (including phenoxy) is 1. The number of aryl methyl sites for hydroxylation is 1. The molecule has 0 fully saturated rings. The van der Waals surface area contributed by atoms with Crippen LogP contribution in [0, 0.1) is 0 Å². The summed E-state index contributed by atoms with van der Waals surface area (Å²) in [5.41, 5.74) is 2.07. The van der Waals surface area contributed by atoms with Gasteiger partial charge < -0.3 is 10.1 Å². The Morgan fingerprint density at radius 3 is 2.55 bits per heavy atom. The summed E-state index contributed by atoms with van der Waals surface area (Å²) in [6.07, 6.45) is 2.03. The van der Waals surface area contributed by atoms with E-state index in [0.29, 0.717) is 12.0 Å². The first-order valence-electron chi connectivity index (χ1n) is 7.26. The fraction of sp³-hybridized carbons (Fsp3) is 0.471. The maximum atomic E-state index is 13.4. The summed E-state index contributed by atoms with van der Waals surface area (Å²) in [6, 6.07) is 4.99. The van der Waals surface area contributed by atoms with Gasteiger partial charge in [-0.1, -0.05) is 25.1 Å². The minimum atomic E-state index is -2.91. The quantitative estimate of drug-likeness (QED) is 0.798. The maximum absolute atomic E-state index is 13.4. The number of hydrogen-bond acceptors (Lipinski definition) is 3. The average molecular weight is 311 g/mol. The van der Waals surface area contributed by atoms with E-state index in [1.54, 1.807) is 19.1 Å². The molecule has 1 aromatic rings. The van der Waals surface area contributed by atoms with Crippen molar-refractivity contribution in [3.05, 3.63) is 46.7 Å². The van der Waals surface area contributed by atoms with Crippen LogP contribution in [0.3, 0.4) is 0 Å². The van der Waals surface area contributed by atoms with Crippen molar-refractivity contribution in [2.24, 2.45) is 0 Å². The monoisotopic (exact) mass is 311 g/mol. The first kappa shape index (κ1) is 18.1. The Morgan fingerprint density at radius 2 is 2.09 bits per heavy atom. The van der Waals surface area contributed by atoms with Crippen LogP contribution in [0.1, 0.15) is 55.2 Å². The lowest BCUT2D eigenvalue weighted by molar-refractivity contribution is 0.0536. The fourth-order valence-electron chi connectivity index (χ4n) is 2.26. The Kier molecular flexibility index (Phi) is 6.09. The molecule has 0 heterocycles. The third-order valence-corrected chi connectivity index (χ3v) is 3.55. The molecule has 22 heavy (non-hydrogen) atoms. The molecule has 122 valence electrons. The van der Waals surface area contributed by atoms with Crippen molar-refractivity contribution in [2.75, 3.05) is 7.11 Å². The van der Waals surface area contributed by atoms with Crippen LogP contribution < -0.4 is 5.32 Å². The van der Waals surface area contributed by atoms with E-state index in [4.69, 9.17) is 4.74 Å². The van der Waals surface area contributed by atoms with Crippen molar-refractivity contribution in [1.29, 1.82) is 0 Å². The Balaban J connectivity index is 3.05. The number of allylic oxidation sites excluding steroid dienone is 2. The third-order valence-electron chi connectivity index (χ3n) is 3.55. The van der Waals surface area contributed by atoms with E-state index in [2.05, 4.69) is 5.32 Å². The van der Waals surface area contributed by atoms with E-state index < -0.39 is 11.9 Å². The van der Waals surface area contributed by atoms with Crippen LogP contribution in [-0.2, 0) is 11.2 Å². The van der Waals surface area contributed by atoms with Crippen LogP contribution in [0.5, 0.6) is 0 Å². The number of alkyl halides is 2. The molecule has 3 nitrogen and oxygen atoms in total. The highest BCUT2D eigenvalue weighted by atomic mass is 19.3. The molecule has 1 unspecified atom stereocenters. The lowest BCUT2D eigenvalue weighted by Crippen LogP contribution is -2.29. The number of hydrogen-bond donors (Lipinski definition) is 1. The molecule has 0 aliphatic carbocycles. The molecule has 0 spiro atoms. The number of methoxy groups -OCH3 is 1. The Bertz CT molecular complexity index is 562.